The van der Waals surface area contributed by atoms with Gasteiger partial charge < -0.3 is 15.5 Å². The summed E-state index contributed by atoms with van der Waals surface area (Å²) in [4.78, 5) is 18.1. The van der Waals surface area contributed by atoms with Crippen LogP contribution in [-0.4, -0.2) is 48.3 Å². The maximum Gasteiger partial charge on any atom is 0.344 e. The van der Waals surface area contributed by atoms with Crippen LogP contribution in [0.4, 0.5) is 4.79 Å². The molecule has 0 spiro atoms. The number of nitrogens with zero attached hydrogens (tertiary/aromatic N) is 4. The van der Waals surface area contributed by atoms with Gasteiger partial charge in [-0.05, 0) is 12.8 Å². The highest BCUT2D eigenvalue weighted by molar-refractivity contribution is 5.82. The Morgan fingerprint density at radius 3 is 2.73 bits per heavy atom. The number of hydrogen-bond donors (Lipinski definition) is 1. The zero-order valence-corrected chi connectivity index (χ0v) is 8.76. The number of aliphatic imine (C=N–C) groups is 1. The van der Waals surface area contributed by atoms with Gasteiger partial charge in [0.05, 0.1) is 6.34 Å². The summed E-state index contributed by atoms with van der Waals surface area (Å²) < 4.78 is 0. The monoisotopic (exact) mass is 209 g/mol. The second-order valence-electron chi connectivity index (χ2n) is 3.49. The van der Waals surface area contributed by atoms with Gasteiger partial charge in [-0.25, -0.2) is 4.79 Å². The van der Waals surface area contributed by atoms with Crippen molar-refractivity contribution in [2.24, 2.45) is 10.7 Å². The Labute approximate surface area is 89.0 Å². The molecule has 82 valence electrons. The van der Waals surface area contributed by atoms with Gasteiger partial charge in [0.25, 0.3) is 0 Å². The van der Waals surface area contributed by atoms with E-state index < -0.39 is 0 Å². The number of likely N-dealkylation sites (tertiary alicyclic amines) is 1. The highest BCUT2D eigenvalue weighted by Crippen LogP contribution is 2.15. The first-order valence-electron chi connectivity index (χ1n) is 4.84. The highest BCUT2D eigenvalue weighted by Gasteiger charge is 2.24. The molecule has 2 N–H and O–H groups in total. The second-order valence-corrected chi connectivity index (χ2v) is 3.49. The van der Waals surface area contributed by atoms with Gasteiger partial charge in [0.1, 0.15) is 0 Å². The molecule has 0 aromatic carbocycles. The molecular weight excluding hydrogens is 194 g/mol. The van der Waals surface area contributed by atoms with Crippen LogP contribution in [0, 0.1) is 11.5 Å². The first-order valence-corrected chi connectivity index (χ1v) is 4.84. The van der Waals surface area contributed by atoms with Crippen LogP contribution in [0.5, 0.6) is 0 Å². The smallest absolute Gasteiger partial charge is 0.344 e. The van der Waals surface area contributed by atoms with Crippen LogP contribution in [-0.2, 0) is 0 Å². The lowest BCUT2D eigenvalue weighted by molar-refractivity contribution is 0.164. The number of carbonyl (C=O) groups excluding carboxylic acids is 1. The fourth-order valence-corrected chi connectivity index (χ4v) is 1.66. The Bertz CT molecular complexity index is 287. The number of nitriles is 1. The molecule has 6 nitrogen and oxygen atoms in total. The lowest BCUT2D eigenvalue weighted by Gasteiger charge is -2.33. The number of amides is 2. The van der Waals surface area contributed by atoms with Crippen LogP contribution in [0.1, 0.15) is 12.8 Å². The summed E-state index contributed by atoms with van der Waals surface area (Å²) in [5.74, 6) is 0. The number of nitrogens with two attached hydrogens (primary N) is 1. The van der Waals surface area contributed by atoms with Crippen LogP contribution >= 0.6 is 0 Å². The molecule has 0 aromatic rings. The predicted molar refractivity (Wildman–Crippen MR) is 56.0 cm³/mol. The Balaban J connectivity index is 2.46. The minimum Gasteiger partial charge on any atom is -0.390 e. The van der Waals surface area contributed by atoms with Crippen LogP contribution in [0.3, 0.4) is 0 Å². The largest absolute Gasteiger partial charge is 0.390 e. The molecule has 2 amide bonds. The van der Waals surface area contributed by atoms with Crippen LogP contribution in [0.25, 0.3) is 0 Å². The molecule has 1 saturated heterocycles. The Morgan fingerprint density at radius 2 is 2.27 bits per heavy atom. The summed E-state index contributed by atoms with van der Waals surface area (Å²) in [5.41, 5.74) is 5.05. The van der Waals surface area contributed by atoms with E-state index in [1.807, 2.05) is 0 Å². The normalized spacial score (nSPS) is 17.7. The molecule has 6 heteroatoms. The van der Waals surface area contributed by atoms with Gasteiger partial charge in [0.2, 0.25) is 0 Å². The Kier molecular flexibility index (Phi) is 3.92. The number of rotatable bonds is 1. The molecule has 0 bridgehead atoms. The van der Waals surface area contributed by atoms with Crippen LogP contribution in [0.15, 0.2) is 4.99 Å². The summed E-state index contributed by atoms with van der Waals surface area (Å²) in [5, 5.41) is 8.66. The van der Waals surface area contributed by atoms with Gasteiger partial charge in [0.15, 0.2) is 6.19 Å². The average Bonchev–Trinajstić information content (AvgIpc) is 2.28. The average molecular weight is 209 g/mol. The molecule has 0 atom stereocenters. The first kappa shape index (κ1) is 11.3. The minimum atomic E-state index is -0.326. The summed E-state index contributed by atoms with van der Waals surface area (Å²) in [7, 11) is 1.71. The maximum absolute atomic E-state index is 11.4. The van der Waals surface area contributed by atoms with Crippen LogP contribution in [0.2, 0.25) is 0 Å². The lowest BCUT2D eigenvalue weighted by Crippen LogP contribution is -2.43. The van der Waals surface area contributed by atoms with E-state index in [9.17, 15) is 4.79 Å². The predicted octanol–water partition coefficient (Wildman–Crippen LogP) is -0.0293. The topological polar surface area (TPSA) is 85.7 Å². The van der Waals surface area contributed by atoms with Gasteiger partial charge >= 0.3 is 6.03 Å². The zero-order valence-electron chi connectivity index (χ0n) is 8.76. The Morgan fingerprint density at radius 1 is 1.67 bits per heavy atom. The van der Waals surface area contributed by atoms with Crippen molar-refractivity contribution in [2.75, 3.05) is 20.1 Å². The SMILES string of the molecule is CN(C(=O)/N=C/N)C1CCN(C#N)CC1. The molecule has 0 radical (unpaired) electrons. The number of hydrogen-bond acceptors (Lipinski definition) is 3. The molecule has 1 aliphatic rings. The van der Waals surface area contributed by atoms with Gasteiger partial charge in [-0.15, -0.1) is 0 Å². The third-order valence-electron chi connectivity index (χ3n) is 2.64. The van der Waals surface area contributed by atoms with Crippen molar-refractivity contribution >= 4 is 12.4 Å². The number of urea groups is 1. The van der Waals surface area contributed by atoms with Crippen LogP contribution < -0.4 is 5.73 Å². The summed E-state index contributed by atoms with van der Waals surface area (Å²) in [6.45, 7) is 1.40. The van der Waals surface area contributed by atoms with Gasteiger partial charge in [0, 0.05) is 26.2 Å². The van der Waals surface area contributed by atoms with Crippen molar-refractivity contribution < 1.29 is 4.79 Å². The molecule has 0 aromatic heterocycles. The van der Waals surface area contributed by atoms with E-state index >= 15 is 0 Å². The van der Waals surface area contributed by atoms with Crippen molar-refractivity contribution in [2.45, 2.75) is 18.9 Å². The summed E-state index contributed by atoms with van der Waals surface area (Å²) in [6, 6.07) is -0.168. The van der Waals surface area contributed by atoms with Crippen molar-refractivity contribution in [3.8, 4) is 6.19 Å². The third-order valence-corrected chi connectivity index (χ3v) is 2.64. The summed E-state index contributed by atoms with van der Waals surface area (Å²) in [6.07, 6.45) is 4.70. The quantitative estimate of drug-likeness (QED) is 0.373. The number of carbonyl (C=O) groups is 1. The zero-order chi connectivity index (χ0) is 11.3. The molecule has 15 heavy (non-hydrogen) atoms. The molecule has 1 heterocycles. The van der Waals surface area contributed by atoms with E-state index in [4.69, 9.17) is 11.0 Å². The number of piperidine rings is 1. The van der Waals surface area contributed by atoms with E-state index in [-0.39, 0.29) is 12.1 Å². The third kappa shape index (κ3) is 2.84. The maximum atomic E-state index is 11.4. The Hall–Kier alpha value is -1.77. The van der Waals surface area contributed by atoms with E-state index in [1.165, 1.54) is 0 Å². The fourth-order valence-electron chi connectivity index (χ4n) is 1.66. The summed E-state index contributed by atoms with van der Waals surface area (Å²) >= 11 is 0. The van der Waals surface area contributed by atoms with Gasteiger partial charge in [-0.1, -0.05) is 0 Å². The molecule has 1 fully saturated rings. The van der Waals surface area contributed by atoms with E-state index in [2.05, 4.69) is 11.2 Å². The molecule has 0 saturated carbocycles. The van der Waals surface area contributed by atoms with E-state index in [0.717, 1.165) is 19.2 Å². The van der Waals surface area contributed by atoms with Gasteiger partial charge in [-0.2, -0.15) is 10.3 Å². The molecule has 0 unspecified atom stereocenters. The second kappa shape index (κ2) is 5.20. The highest BCUT2D eigenvalue weighted by atomic mass is 16.2. The molecule has 0 aliphatic carbocycles. The van der Waals surface area contributed by atoms with Crippen molar-refractivity contribution in [1.29, 1.82) is 5.26 Å². The molecule has 1 rings (SSSR count). The van der Waals surface area contributed by atoms with Gasteiger partial charge in [-0.3, -0.25) is 0 Å². The molecule has 1 aliphatic heterocycles. The van der Waals surface area contributed by atoms with Crippen molar-refractivity contribution in [3.05, 3.63) is 0 Å². The van der Waals surface area contributed by atoms with Crippen molar-refractivity contribution in [3.63, 3.8) is 0 Å². The van der Waals surface area contributed by atoms with Crippen molar-refractivity contribution in [1.82, 2.24) is 9.80 Å². The van der Waals surface area contributed by atoms with E-state index in [0.29, 0.717) is 13.1 Å². The van der Waals surface area contributed by atoms with E-state index in [1.54, 1.807) is 16.8 Å². The first-order chi connectivity index (χ1) is 7.19. The minimum absolute atomic E-state index is 0.158. The lowest BCUT2D eigenvalue weighted by atomic mass is 10.0. The standard InChI is InChI=1S/C9H15N5O/c1-13(9(15)12-6-10)8-2-4-14(7-11)5-3-8/h6,8H,2-5H2,1H3,(H2,10,12,15). The molecular formula is C9H15N5O. The fraction of sp³-hybridized carbons (Fsp3) is 0.667.